The van der Waals surface area contributed by atoms with Crippen LogP contribution in [0.15, 0.2) is 43.1 Å². The summed E-state index contributed by atoms with van der Waals surface area (Å²) < 4.78 is 4.64. The van der Waals surface area contributed by atoms with Crippen LogP contribution in [0.4, 0.5) is 17.5 Å². The topological polar surface area (TPSA) is 89.0 Å². The van der Waals surface area contributed by atoms with Crippen molar-refractivity contribution in [3.63, 3.8) is 0 Å². The van der Waals surface area contributed by atoms with Gasteiger partial charge in [-0.05, 0) is 24.3 Å². The molecule has 0 saturated carbocycles. The second kappa shape index (κ2) is 6.99. The highest BCUT2D eigenvalue weighted by Crippen LogP contribution is 2.15. The van der Waals surface area contributed by atoms with Crippen molar-refractivity contribution in [2.45, 2.75) is 0 Å². The number of methoxy groups -OCH3 is 1. The second-order valence-corrected chi connectivity index (χ2v) is 4.03. The second-order valence-electron chi connectivity index (χ2n) is 4.03. The van der Waals surface area contributed by atoms with Crippen LogP contribution < -0.4 is 10.6 Å². The van der Waals surface area contributed by atoms with Crippen LogP contribution in [0, 0.1) is 0 Å². The zero-order valence-corrected chi connectivity index (χ0v) is 11.5. The van der Waals surface area contributed by atoms with Crippen LogP contribution >= 0.6 is 0 Å². The summed E-state index contributed by atoms with van der Waals surface area (Å²) in [4.78, 5) is 15.6. The summed E-state index contributed by atoms with van der Waals surface area (Å²) in [6.45, 7) is 4.16. The Balaban J connectivity index is 2.07. The van der Waals surface area contributed by atoms with Gasteiger partial charge in [-0.25, -0.2) is 4.79 Å². The highest BCUT2D eigenvalue weighted by atomic mass is 16.5. The monoisotopic (exact) mass is 285 g/mol. The third-order valence-corrected chi connectivity index (χ3v) is 2.54. The zero-order chi connectivity index (χ0) is 15.1. The van der Waals surface area contributed by atoms with E-state index in [-0.39, 0.29) is 5.97 Å². The van der Waals surface area contributed by atoms with Crippen molar-refractivity contribution >= 4 is 23.4 Å². The lowest BCUT2D eigenvalue weighted by Gasteiger charge is -2.07. The van der Waals surface area contributed by atoms with Gasteiger partial charge in [-0.2, -0.15) is 10.1 Å². The van der Waals surface area contributed by atoms with Gasteiger partial charge in [-0.15, -0.1) is 11.7 Å². The summed E-state index contributed by atoms with van der Waals surface area (Å²) >= 11 is 0. The van der Waals surface area contributed by atoms with Crippen LogP contribution in [-0.2, 0) is 4.74 Å². The number of ether oxygens (including phenoxy) is 1. The van der Waals surface area contributed by atoms with Crippen molar-refractivity contribution < 1.29 is 9.53 Å². The Morgan fingerprint density at radius 3 is 2.81 bits per heavy atom. The largest absolute Gasteiger partial charge is 0.465 e. The predicted molar refractivity (Wildman–Crippen MR) is 79.6 cm³/mol. The first kappa shape index (κ1) is 14.4. The molecule has 108 valence electrons. The van der Waals surface area contributed by atoms with E-state index < -0.39 is 0 Å². The van der Waals surface area contributed by atoms with Crippen molar-refractivity contribution in [2.24, 2.45) is 0 Å². The molecule has 1 heterocycles. The average Bonchev–Trinajstić information content (AvgIpc) is 2.53. The van der Waals surface area contributed by atoms with Gasteiger partial charge in [0.15, 0.2) is 5.82 Å². The van der Waals surface area contributed by atoms with E-state index >= 15 is 0 Å². The van der Waals surface area contributed by atoms with Crippen LogP contribution in [0.25, 0.3) is 0 Å². The number of carbonyl (C=O) groups excluding carboxylic acids is 1. The number of hydrogen-bond donors (Lipinski definition) is 2. The van der Waals surface area contributed by atoms with Gasteiger partial charge >= 0.3 is 5.97 Å². The minimum absolute atomic E-state index is 0.374. The van der Waals surface area contributed by atoms with Crippen molar-refractivity contribution in [3.05, 3.63) is 48.7 Å². The van der Waals surface area contributed by atoms with Gasteiger partial charge in [0.2, 0.25) is 5.95 Å². The summed E-state index contributed by atoms with van der Waals surface area (Å²) in [6, 6.07) is 6.84. The highest BCUT2D eigenvalue weighted by molar-refractivity contribution is 5.89. The first-order chi connectivity index (χ1) is 10.2. The number of anilines is 3. The summed E-state index contributed by atoms with van der Waals surface area (Å²) in [5.41, 5.74) is 1.26. The molecule has 0 aliphatic heterocycles. The molecule has 0 unspecified atom stereocenters. The van der Waals surface area contributed by atoms with Crippen LogP contribution in [0.3, 0.4) is 0 Å². The fourth-order valence-electron chi connectivity index (χ4n) is 1.56. The van der Waals surface area contributed by atoms with Crippen LogP contribution in [-0.4, -0.2) is 34.8 Å². The molecule has 7 nitrogen and oxygen atoms in total. The molecular weight excluding hydrogens is 270 g/mol. The minimum Gasteiger partial charge on any atom is -0.465 e. The molecule has 0 radical (unpaired) electrons. The van der Waals surface area contributed by atoms with Crippen LogP contribution in [0.2, 0.25) is 0 Å². The third kappa shape index (κ3) is 4.00. The molecular formula is C14H15N5O2. The van der Waals surface area contributed by atoms with E-state index in [1.165, 1.54) is 13.3 Å². The Kier molecular flexibility index (Phi) is 4.81. The molecule has 2 rings (SSSR count). The number of nitrogens with one attached hydrogen (secondary N) is 2. The van der Waals surface area contributed by atoms with Crippen molar-refractivity contribution in [2.75, 3.05) is 24.3 Å². The molecule has 7 heteroatoms. The standard InChI is InChI=1S/C14H15N5O2/c1-3-8-15-14-18-12(9-16-19-14)17-11-6-4-10(5-7-11)13(20)21-2/h3-7,9H,1,8H2,2H3,(H2,15,17,18,19). The highest BCUT2D eigenvalue weighted by Gasteiger charge is 2.05. The Morgan fingerprint density at radius 2 is 2.14 bits per heavy atom. The van der Waals surface area contributed by atoms with Crippen LogP contribution in [0.5, 0.6) is 0 Å². The molecule has 0 spiro atoms. The lowest BCUT2D eigenvalue weighted by molar-refractivity contribution is 0.0601. The van der Waals surface area contributed by atoms with Gasteiger partial charge in [0.05, 0.1) is 18.9 Å². The molecule has 0 fully saturated rings. The van der Waals surface area contributed by atoms with E-state index in [0.717, 1.165) is 5.69 Å². The average molecular weight is 285 g/mol. The summed E-state index contributed by atoms with van der Waals surface area (Å²) in [6.07, 6.45) is 3.21. The number of esters is 1. The quantitative estimate of drug-likeness (QED) is 0.619. The molecule has 0 aliphatic carbocycles. The van der Waals surface area contributed by atoms with E-state index in [0.29, 0.717) is 23.9 Å². The summed E-state index contributed by atoms with van der Waals surface area (Å²) in [5.74, 6) is 0.578. The molecule has 0 amide bonds. The summed E-state index contributed by atoms with van der Waals surface area (Å²) in [5, 5.41) is 13.7. The van der Waals surface area contributed by atoms with Gasteiger partial charge in [-0.1, -0.05) is 6.08 Å². The first-order valence-electron chi connectivity index (χ1n) is 6.23. The van der Waals surface area contributed by atoms with E-state index in [1.54, 1.807) is 30.3 Å². The molecule has 0 atom stereocenters. The number of benzene rings is 1. The lowest BCUT2D eigenvalue weighted by atomic mass is 10.2. The zero-order valence-electron chi connectivity index (χ0n) is 11.5. The number of rotatable bonds is 6. The first-order valence-corrected chi connectivity index (χ1v) is 6.23. The fraction of sp³-hybridized carbons (Fsp3) is 0.143. The maximum absolute atomic E-state index is 11.3. The molecule has 1 aromatic heterocycles. The fourth-order valence-corrected chi connectivity index (χ4v) is 1.56. The number of hydrogen-bond acceptors (Lipinski definition) is 7. The van der Waals surface area contributed by atoms with Gasteiger partial charge in [0.1, 0.15) is 0 Å². The molecule has 2 aromatic rings. The molecule has 21 heavy (non-hydrogen) atoms. The van der Waals surface area contributed by atoms with Crippen LogP contribution in [0.1, 0.15) is 10.4 Å². The predicted octanol–water partition coefficient (Wildman–Crippen LogP) is 2.00. The Morgan fingerprint density at radius 1 is 1.38 bits per heavy atom. The molecule has 0 aliphatic rings. The van der Waals surface area contributed by atoms with Gasteiger partial charge in [0, 0.05) is 12.2 Å². The van der Waals surface area contributed by atoms with Crippen molar-refractivity contribution in [1.29, 1.82) is 0 Å². The van der Waals surface area contributed by atoms with Gasteiger partial charge in [-0.3, -0.25) is 0 Å². The van der Waals surface area contributed by atoms with Gasteiger partial charge in [0.25, 0.3) is 0 Å². The Bertz CT molecular complexity index is 628. The number of carbonyl (C=O) groups is 1. The third-order valence-electron chi connectivity index (χ3n) is 2.54. The van der Waals surface area contributed by atoms with E-state index in [2.05, 4.69) is 37.1 Å². The van der Waals surface area contributed by atoms with Crippen molar-refractivity contribution in [3.8, 4) is 0 Å². The lowest BCUT2D eigenvalue weighted by Crippen LogP contribution is -2.06. The minimum atomic E-state index is -0.374. The Labute approximate surface area is 122 Å². The maximum Gasteiger partial charge on any atom is 0.337 e. The molecule has 0 bridgehead atoms. The number of aromatic nitrogens is 3. The maximum atomic E-state index is 11.3. The SMILES string of the molecule is C=CCNc1nncc(Nc2ccc(C(=O)OC)cc2)n1. The van der Waals surface area contributed by atoms with E-state index in [4.69, 9.17) is 0 Å². The number of nitrogens with zero attached hydrogens (tertiary/aromatic N) is 3. The normalized spacial score (nSPS) is 9.76. The van der Waals surface area contributed by atoms with Gasteiger partial charge < -0.3 is 15.4 Å². The smallest absolute Gasteiger partial charge is 0.337 e. The molecule has 0 saturated heterocycles. The van der Waals surface area contributed by atoms with Crippen molar-refractivity contribution in [1.82, 2.24) is 15.2 Å². The Hall–Kier alpha value is -2.96. The summed E-state index contributed by atoms with van der Waals surface area (Å²) in [7, 11) is 1.35. The molecule has 1 aromatic carbocycles. The van der Waals surface area contributed by atoms with E-state index in [1.807, 2.05) is 0 Å². The van der Waals surface area contributed by atoms with E-state index in [9.17, 15) is 4.79 Å². The molecule has 2 N–H and O–H groups in total.